The van der Waals surface area contributed by atoms with E-state index in [9.17, 15) is 0 Å². The van der Waals surface area contributed by atoms with E-state index in [0.717, 1.165) is 24.7 Å². The van der Waals surface area contributed by atoms with Crippen LogP contribution in [0.5, 0.6) is 11.5 Å². The largest absolute Gasteiger partial charge is 0.491 e. The molecule has 4 atom stereocenters. The summed E-state index contributed by atoms with van der Waals surface area (Å²) in [5, 5.41) is 0. The second-order valence-electron chi connectivity index (χ2n) is 12.0. The van der Waals surface area contributed by atoms with Crippen LogP contribution in [0.25, 0.3) is 0 Å². The summed E-state index contributed by atoms with van der Waals surface area (Å²) >= 11 is 0. The first kappa shape index (κ1) is 27.6. The molecule has 0 spiro atoms. The van der Waals surface area contributed by atoms with E-state index in [2.05, 4.69) is 125 Å². The Morgan fingerprint density at radius 1 is 0.561 bits per heavy atom. The number of epoxide rings is 2. The Balaban J connectivity index is 1.09. The minimum Gasteiger partial charge on any atom is -0.491 e. The van der Waals surface area contributed by atoms with E-state index in [4.69, 9.17) is 18.9 Å². The molecule has 2 heterocycles. The highest BCUT2D eigenvalue weighted by Crippen LogP contribution is 2.35. The molecule has 4 unspecified atom stereocenters. The smallest absolute Gasteiger partial charge is 0.119 e. The summed E-state index contributed by atoms with van der Waals surface area (Å²) in [5.41, 5.74) is 7.72. The van der Waals surface area contributed by atoms with Gasteiger partial charge in [-0.1, -0.05) is 100 Å². The van der Waals surface area contributed by atoms with Crippen LogP contribution in [-0.2, 0) is 14.9 Å². The quantitative estimate of drug-likeness (QED) is 0.169. The fourth-order valence-corrected chi connectivity index (χ4v) is 5.34. The van der Waals surface area contributed by atoms with E-state index in [0.29, 0.717) is 25.0 Å². The number of rotatable bonds is 12. The van der Waals surface area contributed by atoms with Gasteiger partial charge in [-0.25, -0.2) is 0 Å². The van der Waals surface area contributed by atoms with Crippen molar-refractivity contribution in [2.45, 2.75) is 57.2 Å². The highest BCUT2D eigenvalue weighted by molar-refractivity contribution is 5.44. The molecular formula is C37H40O4. The second-order valence-corrected chi connectivity index (χ2v) is 12.0. The SMILES string of the molecule is CC(c1ccc(OCC2CO2)cc1)c1ccc(C(C)(C)c2ccc(C(C)c3ccc(OCC4CO4)cc3)cc2)cc1. The third kappa shape index (κ3) is 6.66. The number of hydrogen-bond acceptors (Lipinski definition) is 4. The Bertz CT molecular complexity index is 1300. The zero-order valence-electron chi connectivity index (χ0n) is 24.5. The molecule has 0 radical (unpaired) electrons. The Morgan fingerprint density at radius 3 is 1.15 bits per heavy atom. The van der Waals surface area contributed by atoms with E-state index in [1.165, 1.54) is 33.4 Å². The van der Waals surface area contributed by atoms with Gasteiger partial charge >= 0.3 is 0 Å². The number of ether oxygens (including phenoxy) is 4. The summed E-state index contributed by atoms with van der Waals surface area (Å²) in [6.07, 6.45) is 0.545. The molecule has 0 bridgehead atoms. The van der Waals surface area contributed by atoms with E-state index in [-0.39, 0.29) is 17.6 Å². The fourth-order valence-electron chi connectivity index (χ4n) is 5.34. The van der Waals surface area contributed by atoms with Crippen LogP contribution in [0.1, 0.15) is 72.9 Å². The summed E-state index contributed by atoms with van der Waals surface area (Å²) in [6, 6.07) is 35.2. The lowest BCUT2D eigenvalue weighted by molar-refractivity contribution is 0.263. The molecule has 0 amide bonds. The molecule has 4 aromatic rings. The van der Waals surface area contributed by atoms with Crippen LogP contribution in [-0.4, -0.2) is 38.6 Å². The van der Waals surface area contributed by atoms with Crippen LogP contribution in [0, 0.1) is 0 Å². The molecule has 4 nitrogen and oxygen atoms in total. The third-order valence-electron chi connectivity index (χ3n) is 8.70. The van der Waals surface area contributed by atoms with Gasteiger partial charge in [0.2, 0.25) is 0 Å². The van der Waals surface area contributed by atoms with Gasteiger partial charge in [0.25, 0.3) is 0 Å². The molecule has 0 aromatic heterocycles. The Kier molecular flexibility index (Phi) is 7.88. The summed E-state index contributed by atoms with van der Waals surface area (Å²) in [4.78, 5) is 0. The van der Waals surface area contributed by atoms with Crippen LogP contribution in [0.15, 0.2) is 97.1 Å². The predicted molar refractivity (Wildman–Crippen MR) is 163 cm³/mol. The van der Waals surface area contributed by atoms with Crippen molar-refractivity contribution in [1.82, 2.24) is 0 Å². The van der Waals surface area contributed by atoms with Gasteiger partial charge in [-0.05, 0) is 57.6 Å². The van der Waals surface area contributed by atoms with Crippen molar-refractivity contribution in [2.24, 2.45) is 0 Å². The van der Waals surface area contributed by atoms with Gasteiger partial charge in [-0.3, -0.25) is 0 Å². The van der Waals surface area contributed by atoms with Crippen LogP contribution in [0.2, 0.25) is 0 Å². The first-order valence-electron chi connectivity index (χ1n) is 14.8. The molecule has 0 aliphatic carbocycles. The molecule has 2 fully saturated rings. The lowest BCUT2D eigenvalue weighted by Gasteiger charge is -2.27. The van der Waals surface area contributed by atoms with Gasteiger partial charge in [-0.2, -0.15) is 0 Å². The van der Waals surface area contributed by atoms with Crippen molar-refractivity contribution in [3.05, 3.63) is 130 Å². The van der Waals surface area contributed by atoms with Crippen LogP contribution in [0.4, 0.5) is 0 Å². The molecule has 41 heavy (non-hydrogen) atoms. The number of benzene rings is 4. The monoisotopic (exact) mass is 548 g/mol. The molecule has 4 heteroatoms. The van der Waals surface area contributed by atoms with Gasteiger partial charge in [-0.15, -0.1) is 0 Å². The molecule has 0 saturated carbocycles. The molecule has 2 aliphatic rings. The normalized spacial score (nSPS) is 19.3. The van der Waals surface area contributed by atoms with Gasteiger partial charge < -0.3 is 18.9 Å². The summed E-state index contributed by atoms with van der Waals surface area (Å²) < 4.78 is 22.0. The van der Waals surface area contributed by atoms with Gasteiger partial charge in [0.05, 0.1) is 13.2 Å². The van der Waals surface area contributed by atoms with Gasteiger partial charge in [0.1, 0.15) is 36.9 Å². The molecular weight excluding hydrogens is 508 g/mol. The maximum Gasteiger partial charge on any atom is 0.119 e. The van der Waals surface area contributed by atoms with Crippen molar-refractivity contribution in [2.75, 3.05) is 26.4 Å². The average molecular weight is 549 g/mol. The van der Waals surface area contributed by atoms with E-state index < -0.39 is 0 Å². The zero-order valence-corrected chi connectivity index (χ0v) is 24.5. The predicted octanol–water partition coefficient (Wildman–Crippen LogP) is 7.87. The van der Waals surface area contributed by atoms with Crippen molar-refractivity contribution in [3.63, 3.8) is 0 Å². The van der Waals surface area contributed by atoms with Crippen LogP contribution < -0.4 is 9.47 Å². The average Bonchev–Trinajstić information content (AvgIpc) is 3.95. The fraction of sp³-hybridized carbons (Fsp3) is 0.351. The van der Waals surface area contributed by atoms with Gasteiger partial charge in [0.15, 0.2) is 0 Å². The maximum atomic E-state index is 5.80. The van der Waals surface area contributed by atoms with Crippen molar-refractivity contribution < 1.29 is 18.9 Å². The second kappa shape index (κ2) is 11.7. The molecule has 0 N–H and O–H groups in total. The Hall–Kier alpha value is -3.60. The molecule has 4 aromatic carbocycles. The molecule has 212 valence electrons. The van der Waals surface area contributed by atoms with Crippen LogP contribution in [0.3, 0.4) is 0 Å². The van der Waals surface area contributed by atoms with Crippen molar-refractivity contribution in [3.8, 4) is 11.5 Å². The third-order valence-corrected chi connectivity index (χ3v) is 8.70. The summed E-state index contributed by atoms with van der Waals surface area (Å²) in [5.74, 6) is 2.41. The summed E-state index contributed by atoms with van der Waals surface area (Å²) in [6.45, 7) is 12.0. The summed E-state index contributed by atoms with van der Waals surface area (Å²) in [7, 11) is 0. The zero-order chi connectivity index (χ0) is 28.4. The first-order chi connectivity index (χ1) is 19.9. The van der Waals surface area contributed by atoms with Crippen molar-refractivity contribution >= 4 is 0 Å². The lowest BCUT2D eigenvalue weighted by atomic mass is 9.77. The van der Waals surface area contributed by atoms with E-state index >= 15 is 0 Å². The van der Waals surface area contributed by atoms with Crippen LogP contribution >= 0.6 is 0 Å². The topological polar surface area (TPSA) is 43.5 Å². The van der Waals surface area contributed by atoms with E-state index in [1.807, 2.05) is 0 Å². The Labute approximate surface area is 244 Å². The maximum absolute atomic E-state index is 5.80. The minimum atomic E-state index is -0.0992. The first-order valence-corrected chi connectivity index (χ1v) is 14.8. The molecule has 2 saturated heterocycles. The lowest BCUT2D eigenvalue weighted by Crippen LogP contribution is -2.19. The number of hydrogen-bond donors (Lipinski definition) is 0. The molecule has 2 aliphatic heterocycles. The minimum absolute atomic E-state index is 0.0992. The Morgan fingerprint density at radius 2 is 0.854 bits per heavy atom. The van der Waals surface area contributed by atoms with Crippen molar-refractivity contribution in [1.29, 1.82) is 0 Å². The van der Waals surface area contributed by atoms with Gasteiger partial charge in [0, 0.05) is 17.3 Å². The highest BCUT2D eigenvalue weighted by atomic mass is 16.6. The van der Waals surface area contributed by atoms with E-state index in [1.54, 1.807) is 0 Å². The standard InChI is InChI=1S/C37H40O4/c1-25(29-9-17-33(18-10-29)38-21-35-23-40-35)27-5-13-31(14-6-27)37(3,4)32-15-7-28(8-16-32)26(2)30-11-19-34(20-12-30)39-22-36-24-41-36/h5-20,25-26,35-36H,21-24H2,1-4H3. The molecule has 6 rings (SSSR count). The highest BCUT2D eigenvalue weighted by Gasteiger charge is 2.25.